The van der Waals surface area contributed by atoms with Crippen LogP contribution in [0.25, 0.3) is 0 Å². The molecule has 5 unspecified atom stereocenters. The van der Waals surface area contributed by atoms with Gasteiger partial charge in [0.25, 0.3) is 10.2 Å². The van der Waals surface area contributed by atoms with Crippen molar-refractivity contribution in [2.75, 3.05) is 26.8 Å². The fourth-order valence-electron chi connectivity index (χ4n) is 3.75. The first-order chi connectivity index (χ1) is 16.6. The minimum atomic E-state index is -3.45. The minimum Gasteiger partial charge on any atom is -0.494 e. The maximum atomic E-state index is 11.3. The average molecular weight is 531 g/mol. The molecule has 35 heavy (non-hydrogen) atoms. The van der Waals surface area contributed by atoms with E-state index in [0.717, 1.165) is 11.1 Å². The third kappa shape index (κ3) is 7.35. The van der Waals surface area contributed by atoms with E-state index in [0.29, 0.717) is 35.8 Å². The van der Waals surface area contributed by atoms with E-state index < -0.39 is 47.3 Å². The Labute approximate surface area is 209 Å². The molecule has 3 rings (SSSR count). The van der Waals surface area contributed by atoms with Gasteiger partial charge in [0.2, 0.25) is 0 Å². The number of aliphatic hydroxyl groups excluding tert-OH is 4. The predicted molar refractivity (Wildman–Crippen MR) is 130 cm³/mol. The lowest BCUT2D eigenvalue weighted by Crippen LogP contribution is -2.55. The fraction of sp³-hybridized carbons (Fsp3) is 0.478. The maximum absolute atomic E-state index is 11.3. The van der Waals surface area contributed by atoms with Gasteiger partial charge < -0.3 is 29.9 Å². The molecule has 0 bridgehead atoms. The lowest BCUT2D eigenvalue weighted by Gasteiger charge is -2.40. The molecule has 0 radical (unpaired) electrons. The van der Waals surface area contributed by atoms with Crippen molar-refractivity contribution in [1.82, 2.24) is 9.44 Å². The molecule has 2 aromatic carbocycles. The van der Waals surface area contributed by atoms with Gasteiger partial charge in [0.1, 0.15) is 36.3 Å². The molecule has 0 aliphatic carbocycles. The molecule has 2 aromatic rings. The average Bonchev–Trinajstić information content (AvgIpc) is 2.85. The molecular weight excluding hydrogens is 500 g/mol. The Morgan fingerprint density at radius 1 is 1.06 bits per heavy atom. The third-order valence-electron chi connectivity index (χ3n) is 5.76. The van der Waals surface area contributed by atoms with Crippen LogP contribution < -0.4 is 14.2 Å². The molecule has 1 saturated heterocycles. The maximum Gasteiger partial charge on any atom is 0.276 e. The zero-order valence-corrected chi connectivity index (χ0v) is 20.7. The molecule has 12 heteroatoms. The van der Waals surface area contributed by atoms with E-state index in [-0.39, 0.29) is 6.54 Å². The summed E-state index contributed by atoms with van der Waals surface area (Å²) in [6.45, 7) is 0.102. The molecule has 194 valence electrons. The van der Waals surface area contributed by atoms with Gasteiger partial charge in [-0.15, -0.1) is 0 Å². The van der Waals surface area contributed by atoms with E-state index in [4.69, 9.17) is 21.1 Å². The van der Waals surface area contributed by atoms with Crippen LogP contribution in [-0.2, 0) is 21.4 Å². The Kier molecular flexibility index (Phi) is 9.87. The van der Waals surface area contributed by atoms with E-state index in [1.165, 1.54) is 7.05 Å². The Bertz CT molecular complexity index is 1070. The molecule has 5 atom stereocenters. The summed E-state index contributed by atoms with van der Waals surface area (Å²) in [5.74, 6) is 0.645. The van der Waals surface area contributed by atoms with Gasteiger partial charge in [-0.25, -0.2) is 9.44 Å². The van der Waals surface area contributed by atoms with Gasteiger partial charge >= 0.3 is 0 Å². The summed E-state index contributed by atoms with van der Waals surface area (Å²) >= 11 is 6.39. The molecule has 1 aliphatic rings. The zero-order valence-electron chi connectivity index (χ0n) is 19.2. The van der Waals surface area contributed by atoms with Crippen molar-refractivity contribution in [2.45, 2.75) is 43.4 Å². The quantitative estimate of drug-likeness (QED) is 0.226. The number of halogens is 1. The van der Waals surface area contributed by atoms with Crippen LogP contribution in [0.5, 0.6) is 5.75 Å². The van der Waals surface area contributed by atoms with E-state index in [1.54, 1.807) is 18.2 Å². The van der Waals surface area contributed by atoms with Crippen molar-refractivity contribution in [1.29, 1.82) is 0 Å². The molecular formula is C23H31ClN2O8S. The SMILES string of the molecule is CNS(=O)(=O)NCCCOc1ccc(Cc2cc(C3OC(CO)C(O)C(O)C3O)ccc2Cl)cc1. The van der Waals surface area contributed by atoms with Crippen molar-refractivity contribution in [3.63, 3.8) is 0 Å². The number of ether oxygens (including phenoxy) is 2. The second-order valence-corrected chi connectivity index (χ2v) is 10.3. The number of aliphatic hydroxyl groups is 4. The summed E-state index contributed by atoms with van der Waals surface area (Å²) in [4.78, 5) is 0. The summed E-state index contributed by atoms with van der Waals surface area (Å²) < 4.78 is 38.5. The number of benzene rings is 2. The highest BCUT2D eigenvalue weighted by Crippen LogP contribution is 2.34. The smallest absolute Gasteiger partial charge is 0.276 e. The molecule has 1 heterocycles. The number of hydrogen-bond acceptors (Lipinski definition) is 8. The van der Waals surface area contributed by atoms with Crippen molar-refractivity contribution < 1.29 is 38.3 Å². The highest BCUT2D eigenvalue weighted by molar-refractivity contribution is 7.87. The van der Waals surface area contributed by atoms with Crippen LogP contribution in [0.15, 0.2) is 42.5 Å². The molecule has 0 saturated carbocycles. The van der Waals surface area contributed by atoms with Crippen LogP contribution in [0.1, 0.15) is 29.2 Å². The molecule has 0 aromatic heterocycles. The standard InChI is InChI=1S/C23H31ClN2O8S/c1-25-35(31,32)26-9-2-10-33-17-6-3-14(4-7-17)11-16-12-15(5-8-18(16)24)23-22(30)21(29)20(28)19(13-27)34-23/h3-8,12,19-23,25-30H,2,9-11,13H2,1H3. The van der Waals surface area contributed by atoms with Gasteiger partial charge in [-0.1, -0.05) is 35.9 Å². The monoisotopic (exact) mass is 530 g/mol. The summed E-state index contributed by atoms with van der Waals surface area (Å²) in [5.41, 5.74) is 2.29. The lowest BCUT2D eigenvalue weighted by atomic mass is 9.90. The zero-order chi connectivity index (χ0) is 25.6. The second kappa shape index (κ2) is 12.4. The highest BCUT2D eigenvalue weighted by atomic mass is 35.5. The lowest BCUT2D eigenvalue weighted by molar-refractivity contribution is -0.231. The van der Waals surface area contributed by atoms with E-state index in [1.807, 2.05) is 24.3 Å². The largest absolute Gasteiger partial charge is 0.494 e. The second-order valence-electron chi connectivity index (χ2n) is 8.22. The van der Waals surface area contributed by atoms with Gasteiger partial charge in [-0.05, 0) is 47.7 Å². The first-order valence-electron chi connectivity index (χ1n) is 11.1. The van der Waals surface area contributed by atoms with Crippen LogP contribution in [0.3, 0.4) is 0 Å². The van der Waals surface area contributed by atoms with Gasteiger partial charge in [-0.3, -0.25) is 0 Å². The van der Waals surface area contributed by atoms with Crippen LogP contribution >= 0.6 is 11.6 Å². The third-order valence-corrected chi connectivity index (χ3v) is 7.25. The number of hydrogen-bond donors (Lipinski definition) is 6. The first kappa shape index (κ1) is 27.8. The van der Waals surface area contributed by atoms with Gasteiger partial charge in [0.05, 0.1) is 13.2 Å². The van der Waals surface area contributed by atoms with Crippen LogP contribution in [0, 0.1) is 0 Å². The van der Waals surface area contributed by atoms with Crippen molar-refractivity contribution in [3.05, 3.63) is 64.2 Å². The Balaban J connectivity index is 1.61. The van der Waals surface area contributed by atoms with Crippen LogP contribution in [0.2, 0.25) is 5.02 Å². The van der Waals surface area contributed by atoms with Gasteiger partial charge in [0, 0.05) is 18.6 Å². The molecule has 1 aliphatic heterocycles. The molecule has 6 N–H and O–H groups in total. The van der Waals surface area contributed by atoms with E-state index >= 15 is 0 Å². The van der Waals surface area contributed by atoms with Crippen LogP contribution in [-0.4, -0.2) is 80.1 Å². The summed E-state index contributed by atoms with van der Waals surface area (Å²) in [7, 11) is -2.12. The molecule has 0 spiro atoms. The highest BCUT2D eigenvalue weighted by Gasteiger charge is 2.44. The first-order valence-corrected chi connectivity index (χ1v) is 13.0. The Hall–Kier alpha value is -1.80. The number of nitrogens with one attached hydrogen (secondary N) is 2. The van der Waals surface area contributed by atoms with Crippen LogP contribution in [0.4, 0.5) is 0 Å². The Morgan fingerprint density at radius 2 is 1.77 bits per heavy atom. The topological polar surface area (TPSA) is 158 Å². The molecule has 1 fully saturated rings. The Morgan fingerprint density at radius 3 is 2.43 bits per heavy atom. The summed E-state index contributed by atoms with van der Waals surface area (Å²) in [6.07, 6.45) is -5.19. The van der Waals surface area contributed by atoms with Gasteiger partial charge in [-0.2, -0.15) is 8.42 Å². The van der Waals surface area contributed by atoms with Crippen molar-refractivity contribution >= 4 is 21.8 Å². The van der Waals surface area contributed by atoms with Crippen molar-refractivity contribution in [2.24, 2.45) is 0 Å². The minimum absolute atomic E-state index is 0.255. The fourth-order valence-corrected chi connectivity index (χ4v) is 4.49. The summed E-state index contributed by atoms with van der Waals surface area (Å²) in [6, 6.07) is 12.5. The number of rotatable bonds is 11. The normalized spacial score (nSPS) is 24.9. The van der Waals surface area contributed by atoms with E-state index in [2.05, 4.69) is 9.44 Å². The van der Waals surface area contributed by atoms with Crippen molar-refractivity contribution in [3.8, 4) is 5.75 Å². The molecule has 10 nitrogen and oxygen atoms in total. The summed E-state index contributed by atoms with van der Waals surface area (Å²) in [5, 5.41) is 40.5. The predicted octanol–water partition coefficient (Wildman–Crippen LogP) is 0.268. The van der Waals surface area contributed by atoms with E-state index in [9.17, 15) is 28.8 Å². The van der Waals surface area contributed by atoms with Gasteiger partial charge in [0.15, 0.2) is 0 Å². The molecule has 0 amide bonds.